The highest BCUT2D eigenvalue weighted by Gasteiger charge is 2.42. The molecule has 11 heteroatoms. The van der Waals surface area contributed by atoms with E-state index in [0.717, 1.165) is 16.6 Å². The van der Waals surface area contributed by atoms with E-state index in [9.17, 15) is 14.4 Å². The number of thioether (sulfide) groups is 1. The third-order valence-corrected chi connectivity index (χ3v) is 7.49. The number of hydrogen-bond donors (Lipinski definition) is 2. The van der Waals surface area contributed by atoms with Gasteiger partial charge in [-0.2, -0.15) is 0 Å². The number of aliphatic imine (C=N–C) groups is 2. The fourth-order valence-electron chi connectivity index (χ4n) is 3.88. The monoisotopic (exact) mass is 533 g/mol. The maximum absolute atomic E-state index is 13.4. The highest BCUT2D eigenvalue weighted by Crippen LogP contribution is 2.34. The van der Waals surface area contributed by atoms with Crippen molar-refractivity contribution >= 4 is 63.2 Å². The van der Waals surface area contributed by atoms with E-state index in [0.29, 0.717) is 40.2 Å². The quantitative estimate of drug-likeness (QED) is 0.458. The number of anilines is 1. The Morgan fingerprint density at radius 1 is 1.08 bits per heavy atom. The SMILES string of the molecule is COc1ccc(NC(=O)CSC2=Nc3ccccc3C3=N[C@H](CC(=O)NCc4cccs4)C(=O)N23)cc1. The number of benzene rings is 2. The van der Waals surface area contributed by atoms with Crippen molar-refractivity contribution in [2.24, 2.45) is 9.98 Å². The first kappa shape index (κ1) is 24.7. The molecule has 0 radical (unpaired) electrons. The van der Waals surface area contributed by atoms with Gasteiger partial charge in [-0.05, 0) is 47.8 Å². The van der Waals surface area contributed by atoms with E-state index in [4.69, 9.17) is 4.74 Å². The lowest BCUT2D eigenvalue weighted by Gasteiger charge is -2.25. The first-order valence-corrected chi connectivity index (χ1v) is 13.3. The van der Waals surface area contributed by atoms with E-state index in [-0.39, 0.29) is 29.9 Å². The van der Waals surface area contributed by atoms with Crippen LogP contribution in [0.2, 0.25) is 0 Å². The Morgan fingerprint density at radius 3 is 2.65 bits per heavy atom. The van der Waals surface area contributed by atoms with Crippen LogP contribution in [0.25, 0.3) is 0 Å². The molecule has 0 bridgehead atoms. The van der Waals surface area contributed by atoms with Crippen molar-refractivity contribution in [3.05, 3.63) is 76.5 Å². The number of carbonyl (C=O) groups excluding carboxylic acids is 3. The predicted molar refractivity (Wildman–Crippen MR) is 146 cm³/mol. The second-order valence-electron chi connectivity index (χ2n) is 8.18. The smallest absolute Gasteiger partial charge is 0.259 e. The van der Waals surface area contributed by atoms with Crippen LogP contribution in [0.3, 0.4) is 0 Å². The van der Waals surface area contributed by atoms with E-state index in [1.54, 1.807) is 42.7 Å². The van der Waals surface area contributed by atoms with E-state index in [2.05, 4.69) is 20.6 Å². The Labute approximate surface area is 221 Å². The summed E-state index contributed by atoms with van der Waals surface area (Å²) < 4.78 is 5.14. The third kappa shape index (κ3) is 5.57. The van der Waals surface area contributed by atoms with Crippen LogP contribution in [0, 0.1) is 0 Å². The summed E-state index contributed by atoms with van der Waals surface area (Å²) in [5, 5.41) is 7.98. The molecule has 1 aromatic heterocycles. The first-order chi connectivity index (χ1) is 18.0. The molecule has 3 amide bonds. The van der Waals surface area contributed by atoms with Crippen LogP contribution in [0.15, 0.2) is 76.0 Å². The normalized spacial score (nSPS) is 15.9. The third-order valence-electron chi connectivity index (χ3n) is 5.67. The van der Waals surface area contributed by atoms with Crippen molar-refractivity contribution in [3.8, 4) is 5.75 Å². The van der Waals surface area contributed by atoms with Crippen LogP contribution in [0.4, 0.5) is 11.4 Å². The molecule has 0 unspecified atom stereocenters. The number of fused-ring (bicyclic) bond motifs is 3. The molecule has 37 heavy (non-hydrogen) atoms. The van der Waals surface area contributed by atoms with E-state index < -0.39 is 6.04 Å². The van der Waals surface area contributed by atoms with Gasteiger partial charge in [0.05, 0.1) is 31.5 Å². The van der Waals surface area contributed by atoms with Crippen molar-refractivity contribution in [3.63, 3.8) is 0 Å². The van der Waals surface area contributed by atoms with Gasteiger partial charge in [0.15, 0.2) is 5.17 Å². The second-order valence-corrected chi connectivity index (χ2v) is 10.2. The molecule has 0 aliphatic carbocycles. The number of ether oxygens (including phenoxy) is 1. The molecule has 0 spiro atoms. The number of amidine groups is 2. The van der Waals surface area contributed by atoms with Crippen LogP contribution >= 0.6 is 23.1 Å². The molecule has 2 N–H and O–H groups in total. The summed E-state index contributed by atoms with van der Waals surface area (Å²) in [5.74, 6) is 0.343. The number of hydrogen-bond acceptors (Lipinski definition) is 8. The molecular weight excluding hydrogens is 510 g/mol. The zero-order chi connectivity index (χ0) is 25.8. The number of methoxy groups -OCH3 is 1. The summed E-state index contributed by atoms with van der Waals surface area (Å²) in [6.07, 6.45) is -0.0672. The highest BCUT2D eigenvalue weighted by molar-refractivity contribution is 8.14. The zero-order valence-corrected chi connectivity index (χ0v) is 21.5. The zero-order valence-electron chi connectivity index (χ0n) is 19.8. The molecule has 0 saturated carbocycles. The predicted octanol–water partition coefficient (Wildman–Crippen LogP) is 3.79. The van der Waals surface area contributed by atoms with Crippen molar-refractivity contribution in [2.45, 2.75) is 19.0 Å². The number of carbonyl (C=O) groups is 3. The standard InChI is InChI=1S/C26H23N5O4S2/c1-35-17-10-8-16(9-11-17)28-23(33)15-37-26-30-20-7-3-2-6-19(20)24-29-21(25(34)31(24)26)13-22(32)27-14-18-5-4-12-36-18/h2-12,21H,13-15H2,1H3,(H,27,32)(H,28,33)/t21-/m1/s1. The summed E-state index contributed by atoms with van der Waals surface area (Å²) in [5.41, 5.74) is 2.01. The number of para-hydroxylation sites is 1. The fourth-order valence-corrected chi connectivity index (χ4v) is 5.33. The average molecular weight is 534 g/mol. The minimum absolute atomic E-state index is 0.0378. The van der Waals surface area contributed by atoms with Crippen molar-refractivity contribution in [2.75, 3.05) is 18.2 Å². The number of amides is 3. The summed E-state index contributed by atoms with van der Waals surface area (Å²) in [4.78, 5) is 50.2. The first-order valence-electron chi connectivity index (χ1n) is 11.5. The highest BCUT2D eigenvalue weighted by atomic mass is 32.2. The van der Waals surface area contributed by atoms with Crippen molar-refractivity contribution < 1.29 is 19.1 Å². The van der Waals surface area contributed by atoms with Crippen LogP contribution < -0.4 is 15.4 Å². The van der Waals surface area contributed by atoms with Gasteiger partial charge in [0.1, 0.15) is 17.6 Å². The average Bonchev–Trinajstić information content (AvgIpc) is 3.55. The van der Waals surface area contributed by atoms with Gasteiger partial charge < -0.3 is 15.4 Å². The van der Waals surface area contributed by atoms with E-state index >= 15 is 0 Å². The molecular formula is C26H23N5O4S2. The largest absolute Gasteiger partial charge is 0.497 e. The summed E-state index contributed by atoms with van der Waals surface area (Å²) >= 11 is 2.70. The van der Waals surface area contributed by atoms with Crippen molar-refractivity contribution in [1.29, 1.82) is 0 Å². The molecule has 3 heterocycles. The van der Waals surface area contributed by atoms with Gasteiger partial charge in [-0.15, -0.1) is 11.3 Å². The molecule has 0 saturated heterocycles. The Kier molecular flexibility index (Phi) is 7.33. The molecule has 3 aromatic rings. The minimum Gasteiger partial charge on any atom is -0.497 e. The van der Waals surface area contributed by atoms with Crippen LogP contribution in [-0.4, -0.2) is 52.5 Å². The fraction of sp³-hybridized carbons (Fsp3) is 0.192. The van der Waals surface area contributed by atoms with Crippen LogP contribution in [0.1, 0.15) is 16.9 Å². The van der Waals surface area contributed by atoms with Gasteiger partial charge in [0, 0.05) is 16.1 Å². The van der Waals surface area contributed by atoms with Crippen LogP contribution in [0.5, 0.6) is 5.75 Å². The summed E-state index contributed by atoms with van der Waals surface area (Å²) in [7, 11) is 1.58. The summed E-state index contributed by atoms with van der Waals surface area (Å²) in [6.45, 7) is 0.409. The Hall–Kier alpha value is -3.96. The lowest BCUT2D eigenvalue weighted by molar-refractivity contribution is -0.128. The second kappa shape index (κ2) is 11.0. The van der Waals surface area contributed by atoms with E-state index in [1.165, 1.54) is 4.90 Å². The molecule has 9 nitrogen and oxygen atoms in total. The van der Waals surface area contributed by atoms with Gasteiger partial charge in [0.25, 0.3) is 5.91 Å². The Bertz CT molecular complexity index is 1390. The molecule has 2 aliphatic rings. The van der Waals surface area contributed by atoms with E-state index in [1.807, 2.05) is 41.8 Å². The minimum atomic E-state index is -0.858. The molecule has 0 fully saturated rings. The molecule has 2 aliphatic heterocycles. The maximum Gasteiger partial charge on any atom is 0.259 e. The number of rotatable bonds is 8. The van der Waals surface area contributed by atoms with Gasteiger partial charge in [-0.25, -0.2) is 9.89 Å². The number of nitrogens with zero attached hydrogens (tertiary/aromatic N) is 3. The van der Waals surface area contributed by atoms with Crippen molar-refractivity contribution in [1.82, 2.24) is 10.2 Å². The lowest BCUT2D eigenvalue weighted by atomic mass is 10.1. The Balaban J connectivity index is 1.27. The number of nitrogens with one attached hydrogen (secondary N) is 2. The Morgan fingerprint density at radius 2 is 1.89 bits per heavy atom. The molecule has 2 aromatic carbocycles. The molecule has 5 rings (SSSR count). The lowest BCUT2D eigenvalue weighted by Crippen LogP contribution is -2.42. The molecule has 1 atom stereocenters. The topological polar surface area (TPSA) is 112 Å². The van der Waals surface area contributed by atoms with Gasteiger partial charge in [-0.1, -0.05) is 30.0 Å². The van der Waals surface area contributed by atoms with Gasteiger partial charge in [-0.3, -0.25) is 19.4 Å². The van der Waals surface area contributed by atoms with Crippen LogP contribution in [-0.2, 0) is 20.9 Å². The number of thiophene rings is 1. The summed E-state index contributed by atoms with van der Waals surface area (Å²) in [6, 6.07) is 17.4. The van der Waals surface area contributed by atoms with Gasteiger partial charge in [0.2, 0.25) is 11.8 Å². The van der Waals surface area contributed by atoms with Gasteiger partial charge >= 0.3 is 0 Å². The maximum atomic E-state index is 13.4. The molecule has 188 valence electrons.